The topological polar surface area (TPSA) is 29.0 Å². The summed E-state index contributed by atoms with van der Waals surface area (Å²) in [7, 11) is 0. The Labute approximate surface area is 109 Å². The van der Waals surface area contributed by atoms with Crippen LogP contribution in [0.4, 0.5) is 0 Å². The van der Waals surface area contributed by atoms with Crippen LogP contribution in [-0.4, -0.2) is 28.0 Å². The quantitative estimate of drug-likeness (QED) is 0.812. The lowest BCUT2D eigenvalue weighted by molar-refractivity contribution is 0.239. The Bertz CT molecular complexity index is 449. The molecule has 0 amide bonds. The van der Waals surface area contributed by atoms with Gasteiger partial charge >= 0.3 is 0 Å². The van der Waals surface area contributed by atoms with Crippen LogP contribution in [0.1, 0.15) is 42.8 Å². The first kappa shape index (κ1) is 10.9. The second-order valence-electron chi connectivity index (χ2n) is 6.33. The Hall–Kier alpha value is -0.960. The fourth-order valence-corrected chi connectivity index (χ4v) is 2.90. The second kappa shape index (κ2) is 4.30. The molecule has 2 saturated carbocycles. The SMILES string of the molecule is c1nc(CC2CC2)nc2c1CCN(CC1CC1)C2. The van der Waals surface area contributed by atoms with Gasteiger partial charge in [-0.05, 0) is 49.5 Å². The standard InChI is InChI=1S/C15H21N3/c1-2-11(1)7-15-16-8-13-5-6-18(9-12-3-4-12)10-14(13)17-15/h8,11-12H,1-7,9-10H2. The first-order valence-corrected chi connectivity index (χ1v) is 7.43. The van der Waals surface area contributed by atoms with Gasteiger partial charge in [-0.25, -0.2) is 9.97 Å². The van der Waals surface area contributed by atoms with E-state index in [1.807, 2.05) is 0 Å². The van der Waals surface area contributed by atoms with Gasteiger partial charge in [0.25, 0.3) is 0 Å². The largest absolute Gasteiger partial charge is 0.297 e. The maximum atomic E-state index is 4.82. The molecule has 0 saturated heterocycles. The molecule has 2 aliphatic carbocycles. The highest BCUT2D eigenvalue weighted by atomic mass is 15.1. The molecule has 0 spiro atoms. The maximum Gasteiger partial charge on any atom is 0.128 e. The van der Waals surface area contributed by atoms with Crippen molar-refractivity contribution in [3.05, 3.63) is 23.3 Å². The van der Waals surface area contributed by atoms with Crippen molar-refractivity contribution in [3.63, 3.8) is 0 Å². The smallest absolute Gasteiger partial charge is 0.128 e. The van der Waals surface area contributed by atoms with Crippen molar-refractivity contribution in [2.75, 3.05) is 13.1 Å². The number of hydrogen-bond acceptors (Lipinski definition) is 3. The average Bonchev–Trinajstić information content (AvgIpc) is 3.25. The highest BCUT2D eigenvalue weighted by Gasteiger charge is 2.27. The van der Waals surface area contributed by atoms with Crippen LogP contribution in [0.5, 0.6) is 0 Å². The third kappa shape index (κ3) is 2.41. The van der Waals surface area contributed by atoms with Crippen LogP contribution in [-0.2, 0) is 19.4 Å². The van der Waals surface area contributed by atoms with E-state index in [0.29, 0.717) is 0 Å². The zero-order chi connectivity index (χ0) is 11.9. The molecule has 0 unspecified atom stereocenters. The third-order valence-corrected chi connectivity index (χ3v) is 4.46. The Morgan fingerprint density at radius 1 is 1.17 bits per heavy atom. The van der Waals surface area contributed by atoms with Gasteiger partial charge in [0.1, 0.15) is 5.82 Å². The van der Waals surface area contributed by atoms with Gasteiger partial charge in [0.2, 0.25) is 0 Å². The Morgan fingerprint density at radius 3 is 2.78 bits per heavy atom. The van der Waals surface area contributed by atoms with Crippen molar-refractivity contribution >= 4 is 0 Å². The van der Waals surface area contributed by atoms with Gasteiger partial charge in [0.15, 0.2) is 0 Å². The molecule has 2 fully saturated rings. The molecule has 0 N–H and O–H groups in total. The highest BCUT2D eigenvalue weighted by molar-refractivity contribution is 5.21. The molecule has 96 valence electrons. The van der Waals surface area contributed by atoms with Gasteiger partial charge in [-0.2, -0.15) is 0 Å². The number of rotatable bonds is 4. The van der Waals surface area contributed by atoms with Crippen LogP contribution in [0.2, 0.25) is 0 Å². The van der Waals surface area contributed by atoms with Crippen LogP contribution in [0.3, 0.4) is 0 Å². The lowest BCUT2D eigenvalue weighted by atomic mass is 10.1. The summed E-state index contributed by atoms with van der Waals surface area (Å²) in [5.41, 5.74) is 2.70. The van der Waals surface area contributed by atoms with E-state index in [0.717, 1.165) is 37.0 Å². The summed E-state index contributed by atoms with van der Waals surface area (Å²) in [5, 5.41) is 0. The fraction of sp³-hybridized carbons (Fsp3) is 0.733. The minimum Gasteiger partial charge on any atom is -0.297 e. The van der Waals surface area contributed by atoms with Gasteiger partial charge < -0.3 is 0 Å². The predicted octanol–water partition coefficient (Wildman–Crippen LogP) is 2.20. The molecule has 4 rings (SSSR count). The van der Waals surface area contributed by atoms with E-state index < -0.39 is 0 Å². The lowest BCUT2D eigenvalue weighted by Crippen LogP contribution is -2.33. The molecular formula is C15H21N3. The summed E-state index contributed by atoms with van der Waals surface area (Å²) in [6, 6.07) is 0. The molecule has 0 bridgehead atoms. The molecule has 3 aliphatic rings. The summed E-state index contributed by atoms with van der Waals surface area (Å²) in [4.78, 5) is 12.0. The summed E-state index contributed by atoms with van der Waals surface area (Å²) in [6.45, 7) is 3.56. The normalized spacial score (nSPS) is 24.0. The number of fused-ring (bicyclic) bond motifs is 1. The first-order valence-electron chi connectivity index (χ1n) is 7.43. The maximum absolute atomic E-state index is 4.82. The Kier molecular flexibility index (Phi) is 2.61. The molecule has 0 atom stereocenters. The summed E-state index contributed by atoms with van der Waals surface area (Å²) in [5.74, 6) is 2.96. The predicted molar refractivity (Wildman–Crippen MR) is 70.2 cm³/mol. The van der Waals surface area contributed by atoms with Crippen LogP contribution in [0.25, 0.3) is 0 Å². The van der Waals surface area contributed by atoms with Crippen LogP contribution < -0.4 is 0 Å². The average molecular weight is 243 g/mol. The molecule has 18 heavy (non-hydrogen) atoms. The second-order valence-corrected chi connectivity index (χ2v) is 6.33. The lowest BCUT2D eigenvalue weighted by Gasteiger charge is -2.27. The molecule has 2 heterocycles. The van der Waals surface area contributed by atoms with Crippen molar-refractivity contribution in [3.8, 4) is 0 Å². The van der Waals surface area contributed by atoms with E-state index in [2.05, 4.69) is 16.1 Å². The van der Waals surface area contributed by atoms with E-state index in [1.165, 1.54) is 50.0 Å². The fourth-order valence-electron chi connectivity index (χ4n) is 2.90. The molecule has 1 aromatic heterocycles. The molecule has 3 heteroatoms. The summed E-state index contributed by atoms with van der Waals surface area (Å²) < 4.78 is 0. The van der Waals surface area contributed by atoms with E-state index in [-0.39, 0.29) is 0 Å². The van der Waals surface area contributed by atoms with Crippen LogP contribution in [0.15, 0.2) is 6.20 Å². The van der Waals surface area contributed by atoms with Crippen LogP contribution in [0, 0.1) is 11.8 Å². The molecule has 0 radical (unpaired) electrons. The van der Waals surface area contributed by atoms with Crippen molar-refractivity contribution < 1.29 is 0 Å². The van der Waals surface area contributed by atoms with E-state index >= 15 is 0 Å². The number of hydrogen-bond donors (Lipinski definition) is 0. The first-order chi connectivity index (χ1) is 8.87. The number of nitrogens with zero attached hydrogens (tertiary/aromatic N) is 3. The molecule has 3 nitrogen and oxygen atoms in total. The minimum absolute atomic E-state index is 0.884. The molecular weight excluding hydrogens is 222 g/mol. The Morgan fingerprint density at radius 2 is 2.00 bits per heavy atom. The van der Waals surface area contributed by atoms with Gasteiger partial charge in [-0.15, -0.1) is 0 Å². The van der Waals surface area contributed by atoms with E-state index in [9.17, 15) is 0 Å². The van der Waals surface area contributed by atoms with Gasteiger partial charge in [0.05, 0.1) is 5.69 Å². The van der Waals surface area contributed by atoms with E-state index in [1.54, 1.807) is 0 Å². The molecule has 1 aromatic rings. The van der Waals surface area contributed by atoms with Gasteiger partial charge in [0, 0.05) is 32.3 Å². The van der Waals surface area contributed by atoms with Crippen molar-refractivity contribution in [2.45, 2.75) is 45.1 Å². The monoisotopic (exact) mass is 243 g/mol. The van der Waals surface area contributed by atoms with Crippen molar-refractivity contribution in [1.82, 2.24) is 14.9 Å². The van der Waals surface area contributed by atoms with E-state index in [4.69, 9.17) is 4.98 Å². The minimum atomic E-state index is 0.884. The van der Waals surface area contributed by atoms with Crippen molar-refractivity contribution in [2.24, 2.45) is 11.8 Å². The van der Waals surface area contributed by atoms with Crippen LogP contribution >= 0.6 is 0 Å². The molecule has 1 aliphatic heterocycles. The van der Waals surface area contributed by atoms with Crippen molar-refractivity contribution in [1.29, 1.82) is 0 Å². The third-order valence-electron chi connectivity index (χ3n) is 4.46. The highest BCUT2D eigenvalue weighted by Crippen LogP contribution is 2.33. The Balaban J connectivity index is 1.48. The summed E-state index contributed by atoms with van der Waals surface area (Å²) >= 11 is 0. The molecule has 0 aromatic carbocycles. The van der Waals surface area contributed by atoms with Gasteiger partial charge in [-0.3, -0.25) is 4.90 Å². The number of aromatic nitrogens is 2. The summed E-state index contributed by atoms with van der Waals surface area (Å²) in [6.07, 6.45) is 10.00. The zero-order valence-electron chi connectivity index (χ0n) is 10.9. The van der Waals surface area contributed by atoms with Gasteiger partial charge in [-0.1, -0.05) is 0 Å². The zero-order valence-corrected chi connectivity index (χ0v) is 10.9.